The van der Waals surface area contributed by atoms with E-state index in [0.717, 1.165) is 17.8 Å². The summed E-state index contributed by atoms with van der Waals surface area (Å²) in [6, 6.07) is 15.2. The first-order valence-electron chi connectivity index (χ1n) is 8.19. The minimum atomic E-state index is 0.108. The highest BCUT2D eigenvalue weighted by molar-refractivity contribution is 5.93. The normalized spacial score (nSPS) is 20.1. The summed E-state index contributed by atoms with van der Waals surface area (Å²) in [5.41, 5.74) is 5.84. The zero-order valence-corrected chi connectivity index (χ0v) is 14.3. The van der Waals surface area contributed by atoms with Gasteiger partial charge in [0.2, 0.25) is 5.91 Å². The molecule has 3 nitrogen and oxygen atoms in total. The Labute approximate surface area is 138 Å². The molecule has 0 aromatic heterocycles. The molecule has 2 atom stereocenters. The highest BCUT2D eigenvalue weighted by atomic mass is 16.2. The molecular formula is C20H24N2O. The van der Waals surface area contributed by atoms with Crippen molar-refractivity contribution in [1.29, 1.82) is 0 Å². The summed E-state index contributed by atoms with van der Waals surface area (Å²) in [7, 11) is 0. The van der Waals surface area contributed by atoms with Gasteiger partial charge >= 0.3 is 0 Å². The second-order valence-electron chi connectivity index (χ2n) is 6.60. The number of benzene rings is 2. The fourth-order valence-corrected chi connectivity index (χ4v) is 3.45. The lowest BCUT2D eigenvalue weighted by atomic mass is 9.90. The molecule has 1 aliphatic rings. The van der Waals surface area contributed by atoms with E-state index < -0.39 is 0 Å². The standard InChI is InChI=1S/C20H24N2O/c1-13-5-8-17(9-6-13)21-19-12-15(3)22(16(4)23)20-10-7-14(2)11-18(19)20/h5-11,15,19,21H,12H2,1-4H3/t15-,19+/m1/s1. The summed E-state index contributed by atoms with van der Waals surface area (Å²) in [6.07, 6.45) is 0.907. The number of amides is 1. The second kappa shape index (κ2) is 6.07. The van der Waals surface area contributed by atoms with Crippen molar-refractivity contribution in [2.75, 3.05) is 10.2 Å². The average molecular weight is 308 g/mol. The van der Waals surface area contributed by atoms with E-state index in [1.165, 1.54) is 16.7 Å². The summed E-state index contributed by atoms with van der Waals surface area (Å²) in [6.45, 7) is 7.96. The Balaban J connectivity index is 1.98. The SMILES string of the molecule is CC(=O)N1c2ccc(C)cc2[C@@H](Nc2ccc(C)cc2)C[C@H]1C. The van der Waals surface area contributed by atoms with Gasteiger partial charge in [-0.05, 0) is 51.0 Å². The lowest BCUT2D eigenvalue weighted by Crippen LogP contribution is -2.43. The maximum atomic E-state index is 12.1. The number of anilines is 2. The van der Waals surface area contributed by atoms with Crippen LogP contribution in [0.5, 0.6) is 0 Å². The highest BCUT2D eigenvalue weighted by Crippen LogP contribution is 2.39. The third kappa shape index (κ3) is 3.09. The Morgan fingerprint density at radius 2 is 1.74 bits per heavy atom. The van der Waals surface area contributed by atoms with Crippen molar-refractivity contribution in [2.45, 2.75) is 46.2 Å². The molecule has 3 heteroatoms. The zero-order valence-electron chi connectivity index (χ0n) is 14.3. The third-order valence-electron chi connectivity index (χ3n) is 4.57. The van der Waals surface area contributed by atoms with Gasteiger partial charge in [0.1, 0.15) is 0 Å². The van der Waals surface area contributed by atoms with Gasteiger partial charge in [-0.15, -0.1) is 0 Å². The number of fused-ring (bicyclic) bond motifs is 1. The number of hydrogen-bond acceptors (Lipinski definition) is 2. The molecule has 0 fully saturated rings. The number of aryl methyl sites for hydroxylation is 2. The van der Waals surface area contributed by atoms with Gasteiger partial charge in [-0.3, -0.25) is 4.79 Å². The minimum absolute atomic E-state index is 0.108. The molecule has 23 heavy (non-hydrogen) atoms. The first-order chi connectivity index (χ1) is 11.0. The van der Waals surface area contributed by atoms with Gasteiger partial charge in [0.25, 0.3) is 0 Å². The molecule has 0 unspecified atom stereocenters. The van der Waals surface area contributed by atoms with Crippen LogP contribution in [0.3, 0.4) is 0 Å². The van der Waals surface area contributed by atoms with Crippen LogP contribution in [0.1, 0.15) is 43.0 Å². The van der Waals surface area contributed by atoms with Crippen LogP contribution in [-0.2, 0) is 4.79 Å². The Bertz CT molecular complexity index is 721. The summed E-state index contributed by atoms with van der Waals surface area (Å²) < 4.78 is 0. The maximum absolute atomic E-state index is 12.1. The van der Waals surface area contributed by atoms with Crippen LogP contribution in [0.25, 0.3) is 0 Å². The quantitative estimate of drug-likeness (QED) is 0.879. The summed E-state index contributed by atoms with van der Waals surface area (Å²) in [5, 5.41) is 3.64. The monoisotopic (exact) mass is 308 g/mol. The summed E-state index contributed by atoms with van der Waals surface area (Å²) in [5.74, 6) is 0.108. The molecule has 0 radical (unpaired) electrons. The Kier molecular flexibility index (Phi) is 4.12. The molecule has 2 aromatic carbocycles. The van der Waals surface area contributed by atoms with Crippen LogP contribution in [0.15, 0.2) is 42.5 Å². The first kappa shape index (κ1) is 15.6. The predicted octanol–water partition coefficient (Wildman–Crippen LogP) is 4.60. The minimum Gasteiger partial charge on any atom is -0.378 e. The molecule has 0 saturated carbocycles. The number of nitrogens with one attached hydrogen (secondary N) is 1. The van der Waals surface area contributed by atoms with Gasteiger partial charge in [0.15, 0.2) is 0 Å². The second-order valence-corrected chi connectivity index (χ2v) is 6.60. The number of carbonyl (C=O) groups excluding carboxylic acids is 1. The Morgan fingerprint density at radius 3 is 2.39 bits per heavy atom. The topological polar surface area (TPSA) is 32.3 Å². The van der Waals surface area contributed by atoms with Crippen molar-refractivity contribution in [1.82, 2.24) is 0 Å². The molecule has 2 aromatic rings. The van der Waals surface area contributed by atoms with E-state index in [9.17, 15) is 4.79 Å². The number of nitrogens with zero attached hydrogens (tertiary/aromatic N) is 1. The van der Waals surface area contributed by atoms with Crippen LogP contribution in [0, 0.1) is 13.8 Å². The fourth-order valence-electron chi connectivity index (χ4n) is 3.45. The number of rotatable bonds is 2. The van der Waals surface area contributed by atoms with Crippen molar-refractivity contribution in [3.63, 3.8) is 0 Å². The van der Waals surface area contributed by atoms with Gasteiger partial charge < -0.3 is 10.2 Å². The summed E-state index contributed by atoms with van der Waals surface area (Å²) in [4.78, 5) is 14.0. The van der Waals surface area contributed by atoms with E-state index in [1.807, 2.05) is 4.90 Å². The highest BCUT2D eigenvalue weighted by Gasteiger charge is 2.32. The smallest absolute Gasteiger partial charge is 0.224 e. The number of carbonyl (C=O) groups is 1. The van der Waals surface area contributed by atoms with Gasteiger partial charge in [-0.2, -0.15) is 0 Å². The average Bonchev–Trinajstić information content (AvgIpc) is 2.49. The van der Waals surface area contributed by atoms with E-state index in [-0.39, 0.29) is 18.0 Å². The van der Waals surface area contributed by atoms with E-state index >= 15 is 0 Å². The molecule has 3 rings (SSSR count). The van der Waals surface area contributed by atoms with Gasteiger partial charge in [0, 0.05) is 24.3 Å². The number of hydrogen-bond donors (Lipinski definition) is 1. The summed E-state index contributed by atoms with van der Waals surface area (Å²) >= 11 is 0. The lowest BCUT2D eigenvalue weighted by molar-refractivity contribution is -0.117. The molecule has 0 saturated heterocycles. The van der Waals surface area contributed by atoms with E-state index in [1.54, 1.807) is 6.92 Å². The molecule has 0 aliphatic carbocycles. The van der Waals surface area contributed by atoms with Crippen molar-refractivity contribution in [3.05, 3.63) is 59.2 Å². The van der Waals surface area contributed by atoms with Crippen LogP contribution < -0.4 is 10.2 Å². The zero-order chi connectivity index (χ0) is 16.6. The van der Waals surface area contributed by atoms with Crippen molar-refractivity contribution in [3.8, 4) is 0 Å². The lowest BCUT2D eigenvalue weighted by Gasteiger charge is -2.39. The van der Waals surface area contributed by atoms with Crippen LogP contribution in [-0.4, -0.2) is 11.9 Å². The maximum Gasteiger partial charge on any atom is 0.224 e. The molecular weight excluding hydrogens is 284 g/mol. The van der Waals surface area contributed by atoms with Crippen LogP contribution in [0.4, 0.5) is 11.4 Å². The predicted molar refractivity (Wildman–Crippen MR) is 96.0 cm³/mol. The fraction of sp³-hybridized carbons (Fsp3) is 0.350. The molecule has 1 heterocycles. The van der Waals surface area contributed by atoms with Gasteiger partial charge in [0.05, 0.1) is 6.04 Å². The first-order valence-corrected chi connectivity index (χ1v) is 8.19. The van der Waals surface area contributed by atoms with E-state index in [2.05, 4.69) is 68.6 Å². The molecule has 1 aliphatic heterocycles. The van der Waals surface area contributed by atoms with E-state index in [4.69, 9.17) is 0 Å². The van der Waals surface area contributed by atoms with Crippen molar-refractivity contribution in [2.24, 2.45) is 0 Å². The third-order valence-corrected chi connectivity index (χ3v) is 4.57. The molecule has 1 N–H and O–H groups in total. The Hall–Kier alpha value is -2.29. The van der Waals surface area contributed by atoms with Crippen molar-refractivity contribution >= 4 is 17.3 Å². The molecule has 0 spiro atoms. The van der Waals surface area contributed by atoms with Gasteiger partial charge in [-0.25, -0.2) is 0 Å². The van der Waals surface area contributed by atoms with E-state index in [0.29, 0.717) is 0 Å². The molecule has 0 bridgehead atoms. The largest absolute Gasteiger partial charge is 0.378 e. The van der Waals surface area contributed by atoms with Gasteiger partial charge in [-0.1, -0.05) is 35.4 Å². The molecule has 1 amide bonds. The van der Waals surface area contributed by atoms with Crippen molar-refractivity contribution < 1.29 is 4.79 Å². The van der Waals surface area contributed by atoms with Crippen LogP contribution in [0.2, 0.25) is 0 Å². The van der Waals surface area contributed by atoms with Crippen LogP contribution >= 0.6 is 0 Å². The Morgan fingerprint density at radius 1 is 1.09 bits per heavy atom. The molecule has 120 valence electrons.